The van der Waals surface area contributed by atoms with Crippen molar-refractivity contribution in [3.05, 3.63) is 71.5 Å². The van der Waals surface area contributed by atoms with Crippen LogP contribution in [0, 0.1) is 0 Å². The lowest BCUT2D eigenvalue weighted by Gasteiger charge is -2.08. The Labute approximate surface area is 179 Å². The Bertz CT molecular complexity index is 1150. The molecule has 0 saturated heterocycles. The molecular weight excluding hydrogens is 426 g/mol. The minimum Gasteiger partial charge on any atom is -0.508 e. The molecule has 0 aliphatic rings. The Kier molecular flexibility index (Phi) is 7.83. The molecule has 164 valence electrons. The minimum atomic E-state index is -4.20. The lowest BCUT2D eigenvalue weighted by Crippen LogP contribution is -2.19. The highest BCUT2D eigenvalue weighted by atomic mass is 32.2. The Morgan fingerprint density at radius 2 is 1.52 bits per heavy atom. The van der Waals surface area contributed by atoms with E-state index in [1.54, 1.807) is 12.1 Å². The summed E-state index contributed by atoms with van der Waals surface area (Å²) < 4.78 is 36.8. The fourth-order valence-corrected chi connectivity index (χ4v) is 2.77. The molecule has 0 atom stereocenters. The molecule has 2 rings (SSSR count). The van der Waals surface area contributed by atoms with Crippen LogP contribution >= 0.6 is 0 Å². The van der Waals surface area contributed by atoms with Crippen molar-refractivity contribution < 1.29 is 37.1 Å². The van der Waals surface area contributed by atoms with Gasteiger partial charge in [-0.2, -0.15) is 13.6 Å². The van der Waals surface area contributed by atoms with Crippen molar-refractivity contribution >= 4 is 28.2 Å². The number of aliphatic hydroxyl groups excluding tert-OH is 1. The van der Waals surface area contributed by atoms with E-state index in [1.165, 1.54) is 62.8 Å². The number of ketones is 1. The normalized spacial score (nSPS) is 12.3. The van der Waals surface area contributed by atoms with Crippen LogP contribution in [-0.4, -0.2) is 38.6 Å². The van der Waals surface area contributed by atoms with Gasteiger partial charge in [0, 0.05) is 6.08 Å². The maximum Gasteiger partial charge on any atom is 0.380 e. The first kappa shape index (κ1) is 23.5. The quantitative estimate of drug-likeness (QED) is 0.302. The average molecular weight is 447 g/mol. The van der Waals surface area contributed by atoms with Crippen molar-refractivity contribution in [2.45, 2.75) is 0 Å². The second-order valence-corrected chi connectivity index (χ2v) is 7.21. The van der Waals surface area contributed by atoms with E-state index in [0.717, 1.165) is 6.08 Å². The number of allylic oxidation sites excluding steroid dienone is 3. The van der Waals surface area contributed by atoms with Gasteiger partial charge in [0.25, 0.3) is 0 Å². The van der Waals surface area contributed by atoms with E-state index in [1.807, 2.05) is 0 Å². The standard InChI is InChI=1S/C21H21NO8S/c1-28-20-11-14(5-9-18(20)25)3-7-16(23)13-17(24)8-4-15-6-10-19(21(12-15)29-2)30-31(22,26)27/h3-13,24-25H,1-2H3,(H2,22,26,27)/b7-3+,8-4+,17-13?. The van der Waals surface area contributed by atoms with Crippen molar-refractivity contribution in [2.24, 2.45) is 5.14 Å². The summed E-state index contributed by atoms with van der Waals surface area (Å²) in [5.74, 6) is -0.497. The van der Waals surface area contributed by atoms with Crippen LogP contribution in [0.5, 0.6) is 23.0 Å². The fourth-order valence-electron chi connectivity index (χ4n) is 2.38. The van der Waals surface area contributed by atoms with Crippen molar-refractivity contribution in [2.75, 3.05) is 14.2 Å². The van der Waals surface area contributed by atoms with Gasteiger partial charge in [-0.25, -0.2) is 0 Å². The Balaban J connectivity index is 2.09. The molecule has 0 fully saturated rings. The maximum absolute atomic E-state index is 12.0. The zero-order valence-electron chi connectivity index (χ0n) is 16.7. The van der Waals surface area contributed by atoms with E-state index in [4.69, 9.17) is 14.6 Å². The van der Waals surface area contributed by atoms with Crippen LogP contribution in [0.3, 0.4) is 0 Å². The van der Waals surface area contributed by atoms with E-state index in [2.05, 4.69) is 4.18 Å². The third-order valence-electron chi connectivity index (χ3n) is 3.77. The lowest BCUT2D eigenvalue weighted by atomic mass is 10.1. The number of hydrogen-bond acceptors (Lipinski definition) is 8. The van der Waals surface area contributed by atoms with Crippen molar-refractivity contribution in [1.29, 1.82) is 0 Å². The minimum absolute atomic E-state index is 0.0190. The summed E-state index contributed by atoms with van der Waals surface area (Å²) in [5, 5.41) is 24.4. The number of hydrogen-bond donors (Lipinski definition) is 3. The number of phenols is 1. The largest absolute Gasteiger partial charge is 0.508 e. The molecule has 0 heterocycles. The zero-order valence-corrected chi connectivity index (χ0v) is 17.5. The highest BCUT2D eigenvalue weighted by molar-refractivity contribution is 7.84. The number of carbonyl (C=O) groups excluding carboxylic acids is 1. The molecule has 0 aliphatic carbocycles. The third kappa shape index (κ3) is 7.53. The molecule has 2 aromatic rings. The number of phenolic OH excluding ortho intramolecular Hbond substituents is 1. The lowest BCUT2D eigenvalue weighted by molar-refractivity contribution is -0.110. The van der Waals surface area contributed by atoms with Crippen LogP contribution in [0.15, 0.2) is 60.4 Å². The Morgan fingerprint density at radius 1 is 0.935 bits per heavy atom. The average Bonchev–Trinajstić information content (AvgIpc) is 2.71. The summed E-state index contributed by atoms with van der Waals surface area (Å²) in [6, 6.07) is 8.90. The van der Waals surface area contributed by atoms with Crippen LogP contribution in [0.25, 0.3) is 12.2 Å². The van der Waals surface area contributed by atoms with Crippen molar-refractivity contribution in [1.82, 2.24) is 0 Å². The molecule has 0 spiro atoms. The summed E-state index contributed by atoms with van der Waals surface area (Å²) in [4.78, 5) is 12.0. The SMILES string of the molecule is COc1cc(/C=C/C(=O)C=C(O)/C=C/c2ccc(OS(N)(=O)=O)c(OC)c2)ccc1O. The van der Waals surface area contributed by atoms with E-state index >= 15 is 0 Å². The molecular formula is C21H21NO8S. The summed E-state index contributed by atoms with van der Waals surface area (Å²) in [5.41, 5.74) is 1.16. The second-order valence-electron chi connectivity index (χ2n) is 6.06. The first-order chi connectivity index (χ1) is 14.6. The fraction of sp³-hybridized carbons (Fsp3) is 0.0952. The van der Waals surface area contributed by atoms with Gasteiger partial charge in [0.15, 0.2) is 28.8 Å². The molecule has 2 aromatic carbocycles. The van der Waals surface area contributed by atoms with Gasteiger partial charge < -0.3 is 23.9 Å². The number of ether oxygens (including phenoxy) is 2. The zero-order chi connectivity index (χ0) is 23.0. The number of methoxy groups -OCH3 is 2. The van der Waals surface area contributed by atoms with Gasteiger partial charge in [0.2, 0.25) is 0 Å². The molecule has 0 aliphatic heterocycles. The molecule has 31 heavy (non-hydrogen) atoms. The number of aromatic hydroxyl groups is 1. The van der Waals surface area contributed by atoms with Gasteiger partial charge in [-0.1, -0.05) is 24.3 Å². The van der Waals surface area contributed by atoms with Gasteiger partial charge in [-0.15, -0.1) is 0 Å². The third-order valence-corrected chi connectivity index (χ3v) is 4.19. The first-order valence-electron chi connectivity index (χ1n) is 8.69. The van der Waals surface area contributed by atoms with Crippen molar-refractivity contribution in [3.63, 3.8) is 0 Å². The highest BCUT2D eigenvalue weighted by Crippen LogP contribution is 2.29. The predicted molar refractivity (Wildman–Crippen MR) is 115 cm³/mol. The molecule has 0 aromatic heterocycles. The molecule has 0 radical (unpaired) electrons. The summed E-state index contributed by atoms with van der Waals surface area (Å²) >= 11 is 0. The number of benzene rings is 2. The molecule has 9 nitrogen and oxygen atoms in total. The molecule has 10 heteroatoms. The summed E-state index contributed by atoms with van der Waals surface area (Å²) in [7, 11) is -1.47. The Morgan fingerprint density at radius 3 is 2.13 bits per heavy atom. The summed E-state index contributed by atoms with van der Waals surface area (Å²) in [6.07, 6.45) is 6.53. The smallest absolute Gasteiger partial charge is 0.380 e. The van der Waals surface area contributed by atoms with Crippen LogP contribution in [0.4, 0.5) is 0 Å². The monoisotopic (exact) mass is 447 g/mol. The van der Waals surface area contributed by atoms with E-state index in [9.17, 15) is 23.4 Å². The number of rotatable bonds is 9. The molecule has 0 amide bonds. The number of carbonyl (C=O) groups is 1. The van der Waals surface area contributed by atoms with Gasteiger partial charge in [-0.3, -0.25) is 4.79 Å². The van der Waals surface area contributed by atoms with Gasteiger partial charge in [0.1, 0.15) is 5.76 Å². The van der Waals surface area contributed by atoms with Crippen LogP contribution in [0.1, 0.15) is 11.1 Å². The van der Waals surface area contributed by atoms with E-state index < -0.39 is 16.1 Å². The van der Waals surface area contributed by atoms with Gasteiger partial charge in [0.05, 0.1) is 14.2 Å². The predicted octanol–water partition coefficient (Wildman–Crippen LogP) is 2.73. The van der Waals surface area contributed by atoms with Crippen LogP contribution in [-0.2, 0) is 15.1 Å². The van der Waals surface area contributed by atoms with Gasteiger partial charge in [-0.05, 0) is 47.5 Å². The molecule has 0 unspecified atom stereocenters. The van der Waals surface area contributed by atoms with Crippen LogP contribution in [0.2, 0.25) is 0 Å². The molecule has 0 bridgehead atoms. The van der Waals surface area contributed by atoms with Gasteiger partial charge >= 0.3 is 10.3 Å². The first-order valence-corrected chi connectivity index (χ1v) is 10.2. The van der Waals surface area contributed by atoms with Crippen LogP contribution < -0.4 is 18.8 Å². The van der Waals surface area contributed by atoms with E-state index in [-0.39, 0.29) is 28.8 Å². The topological polar surface area (TPSA) is 145 Å². The number of aliphatic hydroxyl groups is 1. The highest BCUT2D eigenvalue weighted by Gasteiger charge is 2.11. The summed E-state index contributed by atoms with van der Waals surface area (Å²) in [6.45, 7) is 0. The molecule has 0 saturated carbocycles. The van der Waals surface area contributed by atoms with E-state index in [0.29, 0.717) is 11.1 Å². The molecule has 4 N–H and O–H groups in total. The Hall–Kier alpha value is -3.76. The maximum atomic E-state index is 12.0. The number of nitrogens with two attached hydrogens (primary N) is 1. The second kappa shape index (κ2) is 10.3. The van der Waals surface area contributed by atoms with Crippen molar-refractivity contribution in [3.8, 4) is 23.0 Å².